The fourth-order valence-electron chi connectivity index (χ4n) is 2.65. The third kappa shape index (κ3) is 5.84. The maximum atomic E-state index is 9.13. The van der Waals surface area contributed by atoms with Crippen LogP contribution in [-0.2, 0) is 0 Å². The standard InChI is InChI=1S/C14H30N2O/c1-3-9-15-14(8-11-17)12-16-10-6-4-5-7-13(16)2/h13-15,17H,3-12H2,1-2H3. The first-order valence-corrected chi connectivity index (χ1v) is 7.36. The summed E-state index contributed by atoms with van der Waals surface area (Å²) < 4.78 is 0. The fourth-order valence-corrected chi connectivity index (χ4v) is 2.65. The van der Waals surface area contributed by atoms with Crippen molar-refractivity contribution < 1.29 is 5.11 Å². The van der Waals surface area contributed by atoms with E-state index >= 15 is 0 Å². The molecule has 1 saturated heterocycles. The van der Waals surface area contributed by atoms with Crippen LogP contribution >= 0.6 is 0 Å². The van der Waals surface area contributed by atoms with Crippen molar-refractivity contribution in [2.45, 2.75) is 64.5 Å². The van der Waals surface area contributed by atoms with Crippen molar-refractivity contribution in [3.05, 3.63) is 0 Å². The summed E-state index contributed by atoms with van der Waals surface area (Å²) in [7, 11) is 0. The number of nitrogens with one attached hydrogen (secondary N) is 1. The van der Waals surface area contributed by atoms with Gasteiger partial charge in [-0.2, -0.15) is 0 Å². The van der Waals surface area contributed by atoms with Crippen molar-refractivity contribution in [2.75, 3.05) is 26.2 Å². The minimum atomic E-state index is 0.295. The molecule has 102 valence electrons. The SMILES string of the molecule is CCCNC(CCO)CN1CCCCCC1C. The van der Waals surface area contributed by atoms with E-state index in [2.05, 4.69) is 24.1 Å². The topological polar surface area (TPSA) is 35.5 Å². The Bertz CT molecular complexity index is 187. The number of likely N-dealkylation sites (tertiary alicyclic amines) is 1. The van der Waals surface area contributed by atoms with Crippen molar-refractivity contribution in [2.24, 2.45) is 0 Å². The van der Waals surface area contributed by atoms with E-state index in [4.69, 9.17) is 5.11 Å². The fraction of sp³-hybridized carbons (Fsp3) is 1.00. The summed E-state index contributed by atoms with van der Waals surface area (Å²) in [6, 6.07) is 1.17. The van der Waals surface area contributed by atoms with Crippen molar-refractivity contribution in [1.29, 1.82) is 0 Å². The first-order valence-electron chi connectivity index (χ1n) is 7.36. The first kappa shape index (κ1) is 14.9. The lowest BCUT2D eigenvalue weighted by molar-refractivity contribution is 0.172. The normalized spacial score (nSPS) is 24.5. The molecule has 0 aromatic rings. The van der Waals surface area contributed by atoms with Crippen LogP contribution in [0.5, 0.6) is 0 Å². The number of hydrogen-bond donors (Lipinski definition) is 2. The molecule has 1 heterocycles. The van der Waals surface area contributed by atoms with E-state index in [0.29, 0.717) is 18.7 Å². The summed E-state index contributed by atoms with van der Waals surface area (Å²) in [4.78, 5) is 2.61. The molecule has 0 saturated carbocycles. The molecule has 0 amide bonds. The third-order valence-corrected chi connectivity index (χ3v) is 3.81. The van der Waals surface area contributed by atoms with Crippen LogP contribution in [0.25, 0.3) is 0 Å². The van der Waals surface area contributed by atoms with Crippen LogP contribution in [0.4, 0.5) is 0 Å². The molecule has 0 aliphatic carbocycles. The van der Waals surface area contributed by atoms with Crippen LogP contribution in [0.1, 0.15) is 52.4 Å². The van der Waals surface area contributed by atoms with Crippen molar-refractivity contribution in [1.82, 2.24) is 10.2 Å². The summed E-state index contributed by atoms with van der Waals surface area (Å²) in [5.41, 5.74) is 0. The molecule has 1 aliphatic heterocycles. The van der Waals surface area contributed by atoms with Crippen LogP contribution < -0.4 is 5.32 Å². The molecule has 2 atom stereocenters. The largest absolute Gasteiger partial charge is 0.396 e. The molecule has 2 N–H and O–H groups in total. The van der Waals surface area contributed by atoms with Gasteiger partial charge in [-0.05, 0) is 45.7 Å². The van der Waals surface area contributed by atoms with Crippen LogP contribution in [-0.4, -0.2) is 48.3 Å². The van der Waals surface area contributed by atoms with Crippen molar-refractivity contribution in [3.8, 4) is 0 Å². The molecular weight excluding hydrogens is 212 g/mol. The number of aliphatic hydroxyl groups excluding tert-OH is 1. The number of rotatable bonds is 7. The molecule has 1 rings (SSSR count). The van der Waals surface area contributed by atoms with Gasteiger partial charge in [0.15, 0.2) is 0 Å². The molecule has 0 radical (unpaired) electrons. The van der Waals surface area contributed by atoms with Gasteiger partial charge in [0.2, 0.25) is 0 Å². The lowest BCUT2D eigenvalue weighted by atomic mass is 10.1. The van der Waals surface area contributed by atoms with Crippen molar-refractivity contribution >= 4 is 0 Å². The minimum Gasteiger partial charge on any atom is -0.396 e. The third-order valence-electron chi connectivity index (χ3n) is 3.81. The van der Waals surface area contributed by atoms with Gasteiger partial charge >= 0.3 is 0 Å². The van der Waals surface area contributed by atoms with Crippen LogP contribution in [0, 0.1) is 0 Å². The highest BCUT2D eigenvalue weighted by Gasteiger charge is 2.20. The van der Waals surface area contributed by atoms with Gasteiger partial charge in [-0.1, -0.05) is 19.8 Å². The monoisotopic (exact) mass is 242 g/mol. The van der Waals surface area contributed by atoms with Gasteiger partial charge in [0, 0.05) is 25.2 Å². The second kappa shape index (κ2) is 8.90. The molecule has 17 heavy (non-hydrogen) atoms. The summed E-state index contributed by atoms with van der Waals surface area (Å²) in [5.74, 6) is 0. The average Bonchev–Trinajstić information content (AvgIpc) is 2.52. The predicted octanol–water partition coefficient (Wildman–Crippen LogP) is 2.00. The van der Waals surface area contributed by atoms with Gasteiger partial charge in [0.05, 0.1) is 0 Å². The van der Waals surface area contributed by atoms with Crippen LogP contribution in [0.15, 0.2) is 0 Å². The van der Waals surface area contributed by atoms with E-state index < -0.39 is 0 Å². The molecule has 3 heteroatoms. The zero-order chi connectivity index (χ0) is 12.5. The number of hydrogen-bond acceptors (Lipinski definition) is 3. The Kier molecular flexibility index (Phi) is 7.82. The maximum Gasteiger partial charge on any atom is 0.0446 e. The van der Waals surface area contributed by atoms with E-state index in [9.17, 15) is 0 Å². The Morgan fingerprint density at radius 3 is 2.88 bits per heavy atom. The lowest BCUT2D eigenvalue weighted by Crippen LogP contribution is -2.45. The van der Waals surface area contributed by atoms with Gasteiger partial charge < -0.3 is 10.4 Å². The molecule has 0 aromatic carbocycles. The number of aliphatic hydroxyl groups is 1. The van der Waals surface area contributed by atoms with Gasteiger partial charge in [-0.3, -0.25) is 4.90 Å². The highest BCUT2D eigenvalue weighted by Crippen LogP contribution is 2.16. The summed E-state index contributed by atoms with van der Waals surface area (Å²) in [6.07, 6.45) is 7.48. The molecular formula is C14H30N2O. The van der Waals surface area contributed by atoms with Gasteiger partial charge in [0.25, 0.3) is 0 Å². The van der Waals surface area contributed by atoms with Crippen LogP contribution in [0.3, 0.4) is 0 Å². The number of nitrogens with zero attached hydrogens (tertiary/aromatic N) is 1. The zero-order valence-corrected chi connectivity index (χ0v) is 11.6. The molecule has 0 aromatic heterocycles. The molecule has 3 nitrogen and oxygen atoms in total. The Morgan fingerprint density at radius 2 is 2.18 bits per heavy atom. The zero-order valence-electron chi connectivity index (χ0n) is 11.6. The second-order valence-corrected chi connectivity index (χ2v) is 5.36. The summed E-state index contributed by atoms with van der Waals surface area (Å²) in [5, 5.41) is 12.7. The smallest absolute Gasteiger partial charge is 0.0446 e. The lowest BCUT2D eigenvalue weighted by Gasteiger charge is -2.31. The Labute approximate surface area is 107 Å². The molecule has 1 aliphatic rings. The van der Waals surface area contributed by atoms with Gasteiger partial charge in [-0.15, -0.1) is 0 Å². The Hall–Kier alpha value is -0.120. The molecule has 0 bridgehead atoms. The van der Waals surface area contributed by atoms with E-state index in [1.807, 2.05) is 0 Å². The summed E-state index contributed by atoms with van der Waals surface area (Å²) >= 11 is 0. The predicted molar refractivity (Wildman–Crippen MR) is 73.3 cm³/mol. The highest BCUT2D eigenvalue weighted by atomic mass is 16.3. The Morgan fingerprint density at radius 1 is 1.35 bits per heavy atom. The summed E-state index contributed by atoms with van der Waals surface area (Å²) in [6.45, 7) is 8.23. The van der Waals surface area contributed by atoms with E-state index in [1.54, 1.807) is 0 Å². The molecule has 0 spiro atoms. The second-order valence-electron chi connectivity index (χ2n) is 5.36. The highest BCUT2D eigenvalue weighted by molar-refractivity contribution is 4.77. The minimum absolute atomic E-state index is 0.295. The quantitative estimate of drug-likeness (QED) is 0.717. The maximum absolute atomic E-state index is 9.13. The van der Waals surface area contributed by atoms with Gasteiger partial charge in [-0.25, -0.2) is 0 Å². The Balaban J connectivity index is 2.39. The van der Waals surface area contributed by atoms with Gasteiger partial charge in [0.1, 0.15) is 0 Å². The first-order chi connectivity index (χ1) is 8.27. The van der Waals surface area contributed by atoms with E-state index in [0.717, 1.165) is 25.9 Å². The van der Waals surface area contributed by atoms with Crippen molar-refractivity contribution in [3.63, 3.8) is 0 Å². The molecule has 2 unspecified atom stereocenters. The average molecular weight is 242 g/mol. The van der Waals surface area contributed by atoms with E-state index in [1.165, 1.54) is 32.2 Å². The van der Waals surface area contributed by atoms with Crippen LogP contribution in [0.2, 0.25) is 0 Å². The van der Waals surface area contributed by atoms with E-state index in [-0.39, 0.29) is 0 Å². The molecule has 1 fully saturated rings.